The standard InChI is InChI=1S/C18H19ClN2O3S/c19-15-8-6-14(7-9-15)18(22)21-17-12-25(23,24)11-16(17)20-10-13-4-2-1-3-5-13/h1-9,16-17,20H,10-12H2,(H,21,22). The van der Waals surface area contributed by atoms with Crippen molar-refractivity contribution in [2.45, 2.75) is 18.6 Å². The average molecular weight is 379 g/mol. The Morgan fingerprint density at radius 2 is 1.64 bits per heavy atom. The van der Waals surface area contributed by atoms with Gasteiger partial charge >= 0.3 is 0 Å². The van der Waals surface area contributed by atoms with Crippen LogP contribution >= 0.6 is 11.6 Å². The first-order chi connectivity index (χ1) is 11.9. The molecule has 1 aliphatic rings. The molecule has 3 rings (SSSR count). The molecule has 7 heteroatoms. The summed E-state index contributed by atoms with van der Waals surface area (Å²) in [6, 6.07) is 15.5. The molecule has 0 aliphatic carbocycles. The maximum absolute atomic E-state index is 12.4. The average Bonchev–Trinajstić information content (AvgIpc) is 2.88. The van der Waals surface area contributed by atoms with Crippen LogP contribution in [0.3, 0.4) is 0 Å². The van der Waals surface area contributed by atoms with Crippen LogP contribution in [0.15, 0.2) is 54.6 Å². The number of carbonyl (C=O) groups is 1. The van der Waals surface area contributed by atoms with Gasteiger partial charge in [-0.1, -0.05) is 41.9 Å². The number of hydrogen-bond donors (Lipinski definition) is 2. The molecular formula is C18H19ClN2O3S. The number of hydrogen-bond acceptors (Lipinski definition) is 4. The third-order valence-corrected chi connectivity index (χ3v) is 6.17. The van der Waals surface area contributed by atoms with Gasteiger partial charge in [0.05, 0.1) is 17.5 Å². The third kappa shape index (κ3) is 4.81. The second-order valence-corrected chi connectivity index (χ2v) is 8.73. The van der Waals surface area contributed by atoms with Crippen molar-refractivity contribution in [3.05, 3.63) is 70.7 Å². The van der Waals surface area contributed by atoms with Crippen LogP contribution < -0.4 is 10.6 Å². The third-order valence-electron chi connectivity index (χ3n) is 4.19. The van der Waals surface area contributed by atoms with Crippen molar-refractivity contribution in [2.24, 2.45) is 0 Å². The monoisotopic (exact) mass is 378 g/mol. The van der Waals surface area contributed by atoms with Gasteiger partial charge in [0, 0.05) is 23.2 Å². The fourth-order valence-corrected chi connectivity index (χ4v) is 4.91. The molecule has 1 saturated heterocycles. The number of amides is 1. The Labute approximate surface area is 152 Å². The van der Waals surface area contributed by atoms with Gasteiger partial charge in [-0.3, -0.25) is 4.79 Å². The van der Waals surface area contributed by atoms with Crippen molar-refractivity contribution in [2.75, 3.05) is 11.5 Å². The first-order valence-corrected chi connectivity index (χ1v) is 10.2. The SMILES string of the molecule is O=C(NC1CS(=O)(=O)CC1NCc1ccccc1)c1ccc(Cl)cc1. The summed E-state index contributed by atoms with van der Waals surface area (Å²) in [5, 5.41) is 6.63. The molecule has 1 amide bonds. The van der Waals surface area contributed by atoms with E-state index in [1.165, 1.54) is 0 Å². The number of halogens is 1. The lowest BCUT2D eigenvalue weighted by molar-refractivity contribution is 0.0935. The Hall–Kier alpha value is -1.89. The predicted molar refractivity (Wildman–Crippen MR) is 98.4 cm³/mol. The molecule has 25 heavy (non-hydrogen) atoms. The van der Waals surface area contributed by atoms with Crippen LogP contribution in [0, 0.1) is 0 Å². The molecule has 5 nitrogen and oxygen atoms in total. The quantitative estimate of drug-likeness (QED) is 0.834. The molecule has 2 aromatic rings. The lowest BCUT2D eigenvalue weighted by Gasteiger charge is -2.21. The van der Waals surface area contributed by atoms with Gasteiger partial charge in [0.25, 0.3) is 5.91 Å². The van der Waals surface area contributed by atoms with Gasteiger partial charge in [-0.25, -0.2) is 8.42 Å². The van der Waals surface area contributed by atoms with Gasteiger partial charge in [-0.05, 0) is 29.8 Å². The van der Waals surface area contributed by atoms with Crippen molar-refractivity contribution in [1.82, 2.24) is 10.6 Å². The molecule has 0 spiro atoms. The molecule has 2 N–H and O–H groups in total. The summed E-state index contributed by atoms with van der Waals surface area (Å²) in [4.78, 5) is 12.4. The summed E-state index contributed by atoms with van der Waals surface area (Å²) in [5.41, 5.74) is 1.52. The van der Waals surface area contributed by atoms with E-state index in [-0.39, 0.29) is 23.5 Å². The zero-order valence-electron chi connectivity index (χ0n) is 13.5. The number of nitrogens with one attached hydrogen (secondary N) is 2. The zero-order valence-corrected chi connectivity index (χ0v) is 15.1. The van der Waals surface area contributed by atoms with E-state index in [9.17, 15) is 13.2 Å². The Bertz CT molecular complexity index is 838. The molecule has 1 fully saturated rings. The van der Waals surface area contributed by atoms with Gasteiger partial charge in [0.1, 0.15) is 0 Å². The number of sulfone groups is 1. The lowest BCUT2D eigenvalue weighted by atomic mass is 10.1. The number of carbonyl (C=O) groups excluding carboxylic acids is 1. The van der Waals surface area contributed by atoms with Crippen molar-refractivity contribution in [3.8, 4) is 0 Å². The second-order valence-electron chi connectivity index (χ2n) is 6.14. The van der Waals surface area contributed by atoms with Crippen LogP contribution in [0.4, 0.5) is 0 Å². The summed E-state index contributed by atoms with van der Waals surface area (Å²) in [5.74, 6) is -0.338. The number of rotatable bonds is 5. The lowest BCUT2D eigenvalue weighted by Crippen LogP contribution is -2.49. The minimum Gasteiger partial charge on any atom is -0.347 e. The van der Waals surface area contributed by atoms with E-state index in [0.29, 0.717) is 17.1 Å². The Balaban J connectivity index is 1.67. The Morgan fingerprint density at radius 3 is 2.32 bits per heavy atom. The van der Waals surface area contributed by atoms with Gasteiger partial charge in [0.2, 0.25) is 0 Å². The van der Waals surface area contributed by atoms with E-state index in [4.69, 9.17) is 11.6 Å². The summed E-state index contributed by atoms with van der Waals surface area (Å²) < 4.78 is 24.0. The molecule has 0 aromatic heterocycles. The summed E-state index contributed by atoms with van der Waals surface area (Å²) in [7, 11) is -3.18. The van der Waals surface area contributed by atoms with Gasteiger partial charge in [-0.2, -0.15) is 0 Å². The fourth-order valence-electron chi connectivity index (χ4n) is 2.89. The van der Waals surface area contributed by atoms with Crippen LogP contribution in [0.5, 0.6) is 0 Å². The van der Waals surface area contributed by atoms with Crippen LogP contribution in [-0.2, 0) is 16.4 Å². The molecule has 1 heterocycles. The van der Waals surface area contributed by atoms with Crippen LogP contribution in [0.25, 0.3) is 0 Å². The maximum Gasteiger partial charge on any atom is 0.251 e. The van der Waals surface area contributed by atoms with E-state index in [0.717, 1.165) is 5.56 Å². The predicted octanol–water partition coefficient (Wildman–Crippen LogP) is 2.03. The molecular weight excluding hydrogens is 360 g/mol. The highest BCUT2D eigenvalue weighted by atomic mass is 35.5. The summed E-state index contributed by atoms with van der Waals surface area (Å²) >= 11 is 5.83. The minimum atomic E-state index is -3.18. The van der Waals surface area contributed by atoms with E-state index in [1.807, 2.05) is 30.3 Å². The molecule has 132 valence electrons. The van der Waals surface area contributed by atoms with E-state index < -0.39 is 15.9 Å². The van der Waals surface area contributed by atoms with Gasteiger partial charge in [-0.15, -0.1) is 0 Å². The van der Waals surface area contributed by atoms with Crippen LogP contribution in [-0.4, -0.2) is 37.9 Å². The second kappa shape index (κ2) is 7.56. The maximum atomic E-state index is 12.4. The Kier molecular flexibility index (Phi) is 5.42. The van der Waals surface area contributed by atoms with E-state index in [1.54, 1.807) is 24.3 Å². The molecule has 0 bridgehead atoms. The van der Waals surface area contributed by atoms with Crippen molar-refractivity contribution in [1.29, 1.82) is 0 Å². The van der Waals surface area contributed by atoms with E-state index in [2.05, 4.69) is 10.6 Å². The van der Waals surface area contributed by atoms with Gasteiger partial charge < -0.3 is 10.6 Å². The van der Waals surface area contributed by atoms with Crippen molar-refractivity contribution in [3.63, 3.8) is 0 Å². The largest absolute Gasteiger partial charge is 0.347 e. The van der Waals surface area contributed by atoms with Crippen LogP contribution in [0.1, 0.15) is 15.9 Å². The molecule has 0 saturated carbocycles. The summed E-state index contributed by atoms with van der Waals surface area (Å²) in [6.07, 6.45) is 0. The van der Waals surface area contributed by atoms with E-state index >= 15 is 0 Å². The molecule has 0 radical (unpaired) electrons. The van der Waals surface area contributed by atoms with Gasteiger partial charge in [0.15, 0.2) is 9.84 Å². The summed E-state index contributed by atoms with van der Waals surface area (Å²) in [6.45, 7) is 0.550. The fraction of sp³-hybridized carbons (Fsp3) is 0.278. The zero-order chi connectivity index (χ0) is 17.9. The molecule has 2 unspecified atom stereocenters. The normalized spacial score (nSPS) is 21.8. The molecule has 2 aromatic carbocycles. The van der Waals surface area contributed by atoms with Crippen molar-refractivity contribution < 1.29 is 13.2 Å². The van der Waals surface area contributed by atoms with Crippen LogP contribution in [0.2, 0.25) is 5.02 Å². The number of benzene rings is 2. The highest BCUT2D eigenvalue weighted by Crippen LogP contribution is 2.15. The highest BCUT2D eigenvalue weighted by molar-refractivity contribution is 7.91. The Morgan fingerprint density at radius 1 is 1.00 bits per heavy atom. The first kappa shape index (κ1) is 17.9. The minimum absolute atomic E-state index is 0.0192. The first-order valence-electron chi connectivity index (χ1n) is 7.97. The topological polar surface area (TPSA) is 75.3 Å². The molecule has 1 aliphatic heterocycles. The highest BCUT2D eigenvalue weighted by Gasteiger charge is 2.38. The smallest absolute Gasteiger partial charge is 0.251 e. The molecule has 2 atom stereocenters. The van der Waals surface area contributed by atoms with Crippen molar-refractivity contribution >= 4 is 27.3 Å².